The van der Waals surface area contributed by atoms with Gasteiger partial charge in [-0.2, -0.15) is 0 Å². The van der Waals surface area contributed by atoms with Crippen LogP contribution in [0, 0.1) is 0 Å². The van der Waals surface area contributed by atoms with E-state index in [4.69, 9.17) is 10.9 Å². The molecule has 0 aliphatic rings. The normalized spacial score (nSPS) is 13.0. The molecule has 0 aromatic heterocycles. The van der Waals surface area contributed by atoms with Gasteiger partial charge in [0.1, 0.15) is 6.04 Å². The Hall–Kier alpha value is -2.90. The Balaban J connectivity index is 2.13. The van der Waals surface area contributed by atoms with E-state index in [1.165, 1.54) is 12.4 Å². The number of hydrogen-bond acceptors (Lipinski definition) is 5. The van der Waals surface area contributed by atoms with Crippen LogP contribution < -0.4 is 16.5 Å². The van der Waals surface area contributed by atoms with Crippen molar-refractivity contribution in [3.05, 3.63) is 54.1 Å². The molecule has 2 rings (SSSR count). The number of rotatable bonds is 5. The second-order valence-corrected chi connectivity index (χ2v) is 5.37. The minimum absolute atomic E-state index is 0.325. The molecule has 24 heavy (non-hydrogen) atoms. The quantitative estimate of drug-likeness (QED) is 0.317. The third-order valence-corrected chi connectivity index (χ3v) is 3.55. The Morgan fingerprint density at radius 1 is 1.00 bits per heavy atom. The summed E-state index contributed by atoms with van der Waals surface area (Å²) in [7, 11) is 0. The number of nitrogens with two attached hydrogens (primary N) is 1. The van der Waals surface area contributed by atoms with Crippen LogP contribution in [0.2, 0.25) is 0 Å². The maximum atomic E-state index is 12.2. The molecule has 0 aliphatic carbocycles. The largest absolute Gasteiger partial charge is 0.399 e. The van der Waals surface area contributed by atoms with Gasteiger partial charge in [-0.3, -0.25) is 14.8 Å². The lowest BCUT2D eigenvalue weighted by molar-refractivity contribution is -0.133. The van der Waals surface area contributed by atoms with E-state index < -0.39 is 24.0 Å². The van der Waals surface area contributed by atoms with E-state index in [-0.39, 0.29) is 0 Å². The predicted octanol–water partition coefficient (Wildman–Crippen LogP) is 0.920. The van der Waals surface area contributed by atoms with Gasteiger partial charge in [-0.15, -0.1) is 0 Å². The molecule has 126 valence electrons. The average Bonchev–Trinajstić information content (AvgIpc) is 2.59. The minimum atomic E-state index is -1.25. The van der Waals surface area contributed by atoms with Crippen molar-refractivity contribution in [1.29, 1.82) is 0 Å². The maximum absolute atomic E-state index is 12.2. The summed E-state index contributed by atoms with van der Waals surface area (Å²) >= 11 is 0. The molecule has 2 amide bonds. The first-order valence-corrected chi connectivity index (χ1v) is 7.31. The molecule has 0 aliphatic heterocycles. The molecule has 0 bridgehead atoms. The predicted molar refractivity (Wildman–Crippen MR) is 89.2 cm³/mol. The summed E-state index contributed by atoms with van der Waals surface area (Å²) < 4.78 is 0. The van der Waals surface area contributed by atoms with Crippen LogP contribution in [0.4, 0.5) is 5.69 Å². The molecule has 2 aromatic carbocycles. The van der Waals surface area contributed by atoms with Crippen LogP contribution >= 0.6 is 0 Å². The van der Waals surface area contributed by atoms with Gasteiger partial charge in [-0.25, -0.2) is 5.48 Å². The number of benzene rings is 2. The van der Waals surface area contributed by atoms with Gasteiger partial charge < -0.3 is 16.2 Å². The number of nitrogen functional groups attached to an aromatic ring is 1. The Bertz CT molecular complexity index is 712. The summed E-state index contributed by atoms with van der Waals surface area (Å²) in [6.07, 6.45) is -1.16. The lowest BCUT2D eigenvalue weighted by Crippen LogP contribution is -2.51. The minimum Gasteiger partial charge on any atom is -0.399 e. The molecule has 0 unspecified atom stereocenters. The van der Waals surface area contributed by atoms with Crippen molar-refractivity contribution in [3.63, 3.8) is 0 Å². The molecule has 0 spiro atoms. The molecule has 7 nitrogen and oxygen atoms in total. The van der Waals surface area contributed by atoms with E-state index in [1.807, 2.05) is 12.1 Å². The molecule has 2 atom stereocenters. The zero-order valence-corrected chi connectivity index (χ0v) is 13.1. The maximum Gasteiger partial charge on any atom is 0.268 e. The summed E-state index contributed by atoms with van der Waals surface area (Å²) in [6, 6.07) is 12.8. The molecule has 0 radical (unpaired) electrons. The van der Waals surface area contributed by atoms with E-state index in [2.05, 4.69) is 5.32 Å². The fourth-order valence-corrected chi connectivity index (χ4v) is 2.19. The fourth-order valence-electron chi connectivity index (χ4n) is 2.19. The molecule has 7 heteroatoms. The summed E-state index contributed by atoms with van der Waals surface area (Å²) in [6.45, 7) is 1.34. The number of aliphatic hydroxyl groups excluding tert-OH is 1. The highest BCUT2D eigenvalue weighted by Crippen LogP contribution is 2.21. The number of hydrogen-bond donors (Lipinski definition) is 5. The van der Waals surface area contributed by atoms with E-state index in [1.54, 1.807) is 36.4 Å². The van der Waals surface area contributed by atoms with Gasteiger partial charge in [0, 0.05) is 11.3 Å². The van der Waals surface area contributed by atoms with Crippen LogP contribution in [0.5, 0.6) is 0 Å². The molecule has 0 saturated carbocycles. The lowest BCUT2D eigenvalue weighted by atomic mass is 10.0. The fraction of sp³-hybridized carbons (Fsp3) is 0.176. The number of carbonyl (C=O) groups excluding carboxylic acids is 2. The van der Waals surface area contributed by atoms with Gasteiger partial charge in [0.25, 0.3) is 11.8 Å². The van der Waals surface area contributed by atoms with Crippen LogP contribution in [-0.2, 0) is 4.79 Å². The first-order valence-electron chi connectivity index (χ1n) is 7.31. The van der Waals surface area contributed by atoms with Crippen LogP contribution in [0.15, 0.2) is 48.5 Å². The molecular weight excluding hydrogens is 310 g/mol. The Kier molecular flexibility index (Phi) is 5.51. The third kappa shape index (κ3) is 4.09. The number of hydroxylamine groups is 1. The smallest absolute Gasteiger partial charge is 0.268 e. The van der Waals surface area contributed by atoms with Crippen molar-refractivity contribution in [2.24, 2.45) is 0 Å². The number of aliphatic hydroxyl groups is 1. The second-order valence-electron chi connectivity index (χ2n) is 5.37. The summed E-state index contributed by atoms with van der Waals surface area (Å²) in [5.74, 6) is -1.43. The van der Waals surface area contributed by atoms with Gasteiger partial charge >= 0.3 is 0 Å². The second kappa shape index (κ2) is 7.58. The molecule has 0 saturated heterocycles. The van der Waals surface area contributed by atoms with Crippen LogP contribution in [-0.4, -0.2) is 34.3 Å². The molecule has 2 aromatic rings. The standard InChI is InChI=1S/C17H19N3O4/c1-10(21)15(17(23)20-24)19-16(22)13-4-2-11(3-5-13)12-6-8-14(18)9-7-12/h2-10,15,21,24H,18H2,1H3,(H,19,22)(H,20,23)/t10-,15+/m1/s1. The molecule has 6 N–H and O–H groups in total. The van der Waals surface area contributed by atoms with Crippen molar-refractivity contribution in [3.8, 4) is 11.1 Å². The molecule has 0 heterocycles. The first-order chi connectivity index (χ1) is 11.4. The SMILES string of the molecule is C[C@@H](O)[C@H](NC(=O)c1ccc(-c2ccc(N)cc2)cc1)C(=O)NO. The average molecular weight is 329 g/mol. The molecular formula is C17H19N3O4. The summed E-state index contributed by atoms with van der Waals surface area (Å²) in [4.78, 5) is 23.6. The molecule has 0 fully saturated rings. The van der Waals surface area contributed by atoms with E-state index >= 15 is 0 Å². The van der Waals surface area contributed by atoms with Gasteiger partial charge in [0.2, 0.25) is 0 Å². The number of amides is 2. The van der Waals surface area contributed by atoms with Gasteiger partial charge in [0.05, 0.1) is 6.10 Å². The third-order valence-electron chi connectivity index (χ3n) is 3.55. The monoisotopic (exact) mass is 329 g/mol. The highest BCUT2D eigenvalue weighted by molar-refractivity contribution is 5.97. The lowest BCUT2D eigenvalue weighted by Gasteiger charge is -2.19. The van der Waals surface area contributed by atoms with Crippen molar-refractivity contribution >= 4 is 17.5 Å². The number of anilines is 1. The van der Waals surface area contributed by atoms with Crippen molar-refractivity contribution in [1.82, 2.24) is 10.8 Å². The highest BCUT2D eigenvalue weighted by atomic mass is 16.5. The zero-order valence-electron chi connectivity index (χ0n) is 13.1. The highest BCUT2D eigenvalue weighted by Gasteiger charge is 2.25. The van der Waals surface area contributed by atoms with E-state index in [0.29, 0.717) is 11.3 Å². The summed E-state index contributed by atoms with van der Waals surface area (Å²) in [5, 5.41) is 20.5. The van der Waals surface area contributed by atoms with Crippen LogP contribution in [0.1, 0.15) is 17.3 Å². The van der Waals surface area contributed by atoms with Crippen molar-refractivity contribution < 1.29 is 19.9 Å². The van der Waals surface area contributed by atoms with Gasteiger partial charge in [0.15, 0.2) is 0 Å². The topological polar surface area (TPSA) is 125 Å². The first kappa shape index (κ1) is 17.5. The number of nitrogens with one attached hydrogen (secondary N) is 2. The van der Waals surface area contributed by atoms with E-state index in [9.17, 15) is 14.7 Å². The Morgan fingerprint density at radius 2 is 1.50 bits per heavy atom. The Morgan fingerprint density at radius 3 is 1.96 bits per heavy atom. The van der Waals surface area contributed by atoms with Crippen LogP contribution in [0.3, 0.4) is 0 Å². The van der Waals surface area contributed by atoms with Gasteiger partial charge in [-0.1, -0.05) is 24.3 Å². The van der Waals surface area contributed by atoms with Crippen molar-refractivity contribution in [2.75, 3.05) is 5.73 Å². The number of carbonyl (C=O) groups is 2. The van der Waals surface area contributed by atoms with Crippen molar-refractivity contribution in [2.45, 2.75) is 19.1 Å². The van der Waals surface area contributed by atoms with Crippen LogP contribution in [0.25, 0.3) is 11.1 Å². The van der Waals surface area contributed by atoms with Gasteiger partial charge in [-0.05, 0) is 42.3 Å². The summed E-state index contributed by atoms with van der Waals surface area (Å²) in [5.41, 5.74) is 9.92. The Labute approximate surface area is 139 Å². The zero-order chi connectivity index (χ0) is 17.7. The van der Waals surface area contributed by atoms with E-state index in [0.717, 1.165) is 11.1 Å².